The Bertz CT molecular complexity index is 705. The summed E-state index contributed by atoms with van der Waals surface area (Å²) >= 11 is 5.67. The maximum atomic E-state index is 12.4. The third kappa shape index (κ3) is 2.68. The van der Waals surface area contributed by atoms with Gasteiger partial charge in [0.25, 0.3) is 0 Å². The number of aliphatic carboxylic acids is 1. The summed E-state index contributed by atoms with van der Waals surface area (Å²) in [5, 5.41) is 19.0. The van der Waals surface area contributed by atoms with Gasteiger partial charge in [0.05, 0.1) is 5.75 Å². The molecule has 6 nitrogen and oxygen atoms in total. The van der Waals surface area contributed by atoms with Crippen LogP contribution in [-0.2, 0) is 20.2 Å². The van der Waals surface area contributed by atoms with Crippen LogP contribution in [0.15, 0.2) is 17.0 Å². The highest BCUT2D eigenvalue weighted by Crippen LogP contribution is 2.44. The highest BCUT2D eigenvalue weighted by atomic mass is 35.5. The molecule has 21 heavy (non-hydrogen) atoms. The Kier molecular flexibility index (Phi) is 3.85. The molecule has 0 saturated heterocycles. The van der Waals surface area contributed by atoms with Crippen LogP contribution in [0.4, 0.5) is 8.78 Å². The molecule has 0 aromatic heterocycles. The van der Waals surface area contributed by atoms with Gasteiger partial charge in [-0.3, -0.25) is 0 Å². The van der Waals surface area contributed by atoms with Crippen molar-refractivity contribution in [3.8, 4) is 5.75 Å². The van der Waals surface area contributed by atoms with E-state index < -0.39 is 56.4 Å². The van der Waals surface area contributed by atoms with Crippen LogP contribution in [0.2, 0.25) is 5.02 Å². The molecule has 0 spiro atoms. The van der Waals surface area contributed by atoms with Crippen LogP contribution in [0, 0.1) is 0 Å². The number of sulfone groups is 1. The molecule has 0 radical (unpaired) electrons. The number of alkyl halides is 2. The third-order valence-corrected chi connectivity index (χ3v) is 5.08. The fraction of sp³-hybridized carbons (Fsp3) is 0.364. The summed E-state index contributed by atoms with van der Waals surface area (Å²) in [6, 6.07) is 1.75. The lowest BCUT2D eigenvalue weighted by Crippen LogP contribution is -2.42. The number of carboxylic acid groups (broad SMARTS) is 1. The third-order valence-electron chi connectivity index (χ3n) is 3.08. The predicted octanol–water partition coefficient (Wildman–Crippen LogP) is 1.39. The minimum Gasteiger partial charge on any atom is -0.479 e. The van der Waals surface area contributed by atoms with Gasteiger partial charge in [0.15, 0.2) is 15.4 Å². The summed E-state index contributed by atoms with van der Waals surface area (Å²) in [5.74, 6) is -3.21. The van der Waals surface area contributed by atoms with Crippen molar-refractivity contribution in [2.75, 3.05) is 5.75 Å². The fourth-order valence-electron chi connectivity index (χ4n) is 2.12. The van der Waals surface area contributed by atoms with Crippen molar-refractivity contribution in [3.63, 3.8) is 0 Å². The quantitative estimate of drug-likeness (QED) is 0.861. The molecular formula is C11H9ClF2O6S. The van der Waals surface area contributed by atoms with Gasteiger partial charge in [0, 0.05) is 23.1 Å². The van der Waals surface area contributed by atoms with Crippen molar-refractivity contribution >= 4 is 27.4 Å². The van der Waals surface area contributed by atoms with Crippen LogP contribution in [0.25, 0.3) is 0 Å². The molecule has 1 aliphatic heterocycles. The van der Waals surface area contributed by atoms with Gasteiger partial charge in [0.1, 0.15) is 10.6 Å². The molecule has 116 valence electrons. The summed E-state index contributed by atoms with van der Waals surface area (Å²) in [6.07, 6.45) is -0.619. The van der Waals surface area contributed by atoms with Crippen LogP contribution in [0.3, 0.4) is 0 Å². The van der Waals surface area contributed by atoms with Gasteiger partial charge in [-0.1, -0.05) is 11.6 Å². The molecule has 0 fully saturated rings. The molecule has 2 N–H and O–H groups in total. The largest absolute Gasteiger partial charge is 0.479 e. The van der Waals surface area contributed by atoms with Gasteiger partial charge in [-0.15, -0.1) is 0 Å². The van der Waals surface area contributed by atoms with Gasteiger partial charge in [-0.05, 0) is 6.07 Å². The molecule has 0 aliphatic carbocycles. The Morgan fingerprint density at radius 3 is 2.57 bits per heavy atom. The van der Waals surface area contributed by atoms with E-state index in [1.54, 1.807) is 0 Å². The minimum atomic E-state index is -4.08. The van der Waals surface area contributed by atoms with Crippen molar-refractivity contribution < 1.29 is 36.9 Å². The van der Waals surface area contributed by atoms with Gasteiger partial charge in [0.2, 0.25) is 0 Å². The van der Waals surface area contributed by atoms with Gasteiger partial charge in [-0.25, -0.2) is 13.2 Å². The lowest BCUT2D eigenvalue weighted by molar-refractivity contribution is -0.160. The SMILES string of the molecule is O=C(O)C1(O)CCS(=O)(=O)c2c(OC(F)F)cc(Cl)cc21. The minimum absolute atomic E-state index is 0.235. The second-order valence-corrected chi connectivity index (χ2v) is 6.88. The zero-order chi connectivity index (χ0) is 16.0. The smallest absolute Gasteiger partial charge is 0.387 e. The Morgan fingerprint density at radius 2 is 2.05 bits per heavy atom. The Hall–Kier alpha value is -1.45. The molecule has 1 heterocycles. The first-order valence-corrected chi connectivity index (χ1v) is 7.58. The van der Waals surface area contributed by atoms with Gasteiger partial charge >= 0.3 is 12.6 Å². The Morgan fingerprint density at radius 1 is 1.43 bits per heavy atom. The molecule has 0 amide bonds. The average Bonchev–Trinajstić information content (AvgIpc) is 2.32. The van der Waals surface area contributed by atoms with E-state index in [1.165, 1.54) is 0 Å². The van der Waals surface area contributed by atoms with Crippen LogP contribution in [0.1, 0.15) is 12.0 Å². The van der Waals surface area contributed by atoms with Crippen LogP contribution in [-0.4, -0.2) is 37.0 Å². The number of fused-ring (bicyclic) bond motifs is 1. The number of carboxylic acids is 1. The molecule has 0 saturated carbocycles. The zero-order valence-electron chi connectivity index (χ0n) is 10.2. The number of hydrogen-bond donors (Lipinski definition) is 2. The topological polar surface area (TPSA) is 101 Å². The second-order valence-electron chi connectivity index (χ2n) is 4.39. The molecule has 1 aromatic rings. The van der Waals surface area contributed by atoms with Crippen molar-refractivity contribution in [2.45, 2.75) is 23.5 Å². The van der Waals surface area contributed by atoms with E-state index in [0.717, 1.165) is 12.1 Å². The number of aliphatic hydroxyl groups is 1. The summed E-state index contributed by atoms with van der Waals surface area (Å²) in [7, 11) is -4.08. The lowest BCUT2D eigenvalue weighted by Gasteiger charge is -2.31. The second kappa shape index (κ2) is 5.08. The molecule has 10 heteroatoms. The number of carbonyl (C=O) groups is 1. The van der Waals surface area contributed by atoms with Crippen LogP contribution < -0.4 is 4.74 Å². The maximum absolute atomic E-state index is 12.4. The first-order valence-electron chi connectivity index (χ1n) is 5.55. The van der Waals surface area contributed by atoms with E-state index in [-0.39, 0.29) is 5.02 Å². The molecule has 1 aromatic carbocycles. The fourth-order valence-corrected chi connectivity index (χ4v) is 4.07. The van der Waals surface area contributed by atoms with E-state index in [2.05, 4.69) is 4.74 Å². The van der Waals surface area contributed by atoms with Crippen molar-refractivity contribution in [1.29, 1.82) is 0 Å². The molecule has 0 bridgehead atoms. The number of halogens is 3. The molecule has 2 rings (SSSR count). The van der Waals surface area contributed by atoms with Gasteiger partial charge in [-0.2, -0.15) is 8.78 Å². The summed E-state index contributed by atoms with van der Waals surface area (Å²) in [4.78, 5) is 10.4. The highest BCUT2D eigenvalue weighted by Gasteiger charge is 2.48. The summed E-state index contributed by atoms with van der Waals surface area (Å²) in [6.45, 7) is -3.33. The van der Waals surface area contributed by atoms with E-state index in [1.807, 2.05) is 0 Å². The summed E-state index contributed by atoms with van der Waals surface area (Å²) < 4.78 is 52.9. The standard InChI is InChI=1S/C11H9ClF2O6S/c12-5-3-6-8(7(4-5)20-10(13)14)21(18,19)2-1-11(6,17)9(15)16/h3-4,10,17H,1-2H2,(H,15,16). The summed E-state index contributed by atoms with van der Waals surface area (Å²) in [5.41, 5.74) is -3.12. The Balaban J connectivity index is 2.81. The van der Waals surface area contributed by atoms with Crippen LogP contribution in [0.5, 0.6) is 5.75 Å². The highest BCUT2D eigenvalue weighted by molar-refractivity contribution is 7.91. The first kappa shape index (κ1) is 15.9. The number of rotatable bonds is 3. The van der Waals surface area contributed by atoms with E-state index >= 15 is 0 Å². The van der Waals surface area contributed by atoms with Gasteiger partial charge < -0.3 is 14.9 Å². The van der Waals surface area contributed by atoms with Crippen molar-refractivity contribution in [1.82, 2.24) is 0 Å². The van der Waals surface area contributed by atoms with E-state index in [0.29, 0.717) is 0 Å². The van der Waals surface area contributed by atoms with E-state index in [4.69, 9.17) is 16.7 Å². The molecular weight excluding hydrogens is 334 g/mol. The monoisotopic (exact) mass is 342 g/mol. The van der Waals surface area contributed by atoms with Crippen molar-refractivity contribution in [2.24, 2.45) is 0 Å². The average molecular weight is 343 g/mol. The van der Waals surface area contributed by atoms with Crippen molar-refractivity contribution in [3.05, 3.63) is 22.7 Å². The first-order chi connectivity index (χ1) is 9.58. The Labute approximate surface area is 122 Å². The maximum Gasteiger partial charge on any atom is 0.387 e. The lowest BCUT2D eigenvalue weighted by atomic mass is 9.90. The number of benzene rings is 1. The zero-order valence-corrected chi connectivity index (χ0v) is 11.8. The number of hydrogen-bond acceptors (Lipinski definition) is 5. The van der Waals surface area contributed by atoms with Crippen LogP contribution >= 0.6 is 11.6 Å². The molecule has 1 unspecified atom stereocenters. The molecule has 1 aliphatic rings. The normalized spacial score (nSPS) is 23.7. The molecule has 1 atom stereocenters. The number of ether oxygens (including phenoxy) is 1. The van der Waals surface area contributed by atoms with E-state index in [9.17, 15) is 27.1 Å². The predicted molar refractivity (Wildman–Crippen MR) is 66.3 cm³/mol.